The van der Waals surface area contributed by atoms with Gasteiger partial charge in [-0.1, -0.05) is 0 Å². The highest BCUT2D eigenvalue weighted by Crippen LogP contribution is 2.57. The Balaban J connectivity index is 0.000000153. The first kappa shape index (κ1) is 21.6. The Morgan fingerprint density at radius 2 is 1.93 bits per heavy atom. The second-order valence-electron chi connectivity index (χ2n) is 8.02. The van der Waals surface area contributed by atoms with E-state index in [2.05, 4.69) is 10.8 Å². The Labute approximate surface area is 174 Å². The lowest BCUT2D eigenvalue weighted by Gasteiger charge is -2.12. The van der Waals surface area contributed by atoms with Gasteiger partial charge in [0.1, 0.15) is 0 Å². The molecule has 0 atom stereocenters. The van der Waals surface area contributed by atoms with Gasteiger partial charge in [0.25, 0.3) is 0 Å². The van der Waals surface area contributed by atoms with Gasteiger partial charge in [-0.05, 0) is 81.9 Å². The summed E-state index contributed by atoms with van der Waals surface area (Å²) in [5, 5.41) is 9.32. The number of hydrogen-bond acceptors (Lipinski definition) is 6. The fourth-order valence-electron chi connectivity index (χ4n) is 4.16. The summed E-state index contributed by atoms with van der Waals surface area (Å²) in [5.74, 6) is -0.355. The molecule has 6 N–H and O–H groups in total. The molecule has 5 rings (SSSR count). The fraction of sp³-hybridized carbons (Fsp3) is 0.550. The van der Waals surface area contributed by atoms with Crippen molar-refractivity contribution in [1.29, 1.82) is 0 Å². The molecule has 1 amide bonds. The number of carbonyl (C=O) groups is 1. The Hall–Kier alpha value is -2.13. The van der Waals surface area contributed by atoms with Crippen molar-refractivity contribution < 1.29 is 9.18 Å². The maximum Gasteiger partial charge on any atom is 0.204 e. The Kier molecular flexibility index (Phi) is 6.48. The summed E-state index contributed by atoms with van der Waals surface area (Å²) < 4.78 is 14.3. The number of amides is 1. The molecule has 2 heterocycles. The lowest BCUT2D eigenvalue weighted by Crippen LogP contribution is -2.08. The summed E-state index contributed by atoms with van der Waals surface area (Å²) in [6.45, 7) is 3.86. The van der Waals surface area contributed by atoms with Crippen molar-refractivity contribution in [2.75, 3.05) is 5.73 Å². The van der Waals surface area contributed by atoms with E-state index in [1.807, 2.05) is 13.8 Å². The van der Waals surface area contributed by atoms with Crippen LogP contribution in [0.25, 0.3) is 0 Å². The van der Waals surface area contributed by atoms with Gasteiger partial charge in [-0.15, -0.1) is 0 Å². The van der Waals surface area contributed by atoms with Crippen LogP contribution in [0.4, 0.5) is 10.1 Å². The molecule has 3 aliphatic rings. The van der Waals surface area contributed by atoms with Gasteiger partial charge in [-0.25, -0.2) is 4.39 Å². The van der Waals surface area contributed by atoms with Gasteiger partial charge in [0, 0.05) is 22.8 Å². The Bertz CT molecular complexity index is 894. The third kappa shape index (κ3) is 4.25. The minimum Gasteiger partial charge on any atom is -0.398 e. The molecule has 0 bridgehead atoms. The standard InChI is InChI=1S/C13H16N2.C6H10FN3S.CH3NO/c14-11-8-2-1-3-10(8)15-12-9(11)4-5-13(12)6-7-13;1-4(2)10-3-5(7)6(9-10)11-8;2-1-3/h1-7H2,(H2,14,15);3-4H,8H2,1-2H3;1H,(H2,2,3). The van der Waals surface area contributed by atoms with E-state index < -0.39 is 0 Å². The van der Waals surface area contributed by atoms with Gasteiger partial charge in [0.2, 0.25) is 6.41 Å². The number of nitrogen functional groups attached to an aromatic ring is 1. The van der Waals surface area contributed by atoms with Crippen molar-refractivity contribution in [3.8, 4) is 0 Å². The van der Waals surface area contributed by atoms with Crippen LogP contribution in [0.5, 0.6) is 0 Å². The van der Waals surface area contributed by atoms with Gasteiger partial charge in [-0.2, -0.15) is 5.10 Å². The van der Waals surface area contributed by atoms with E-state index in [0.29, 0.717) is 5.41 Å². The van der Waals surface area contributed by atoms with E-state index in [9.17, 15) is 4.39 Å². The number of aromatic nitrogens is 3. The van der Waals surface area contributed by atoms with Crippen LogP contribution in [0, 0.1) is 5.82 Å². The Morgan fingerprint density at radius 3 is 2.45 bits per heavy atom. The average Bonchev–Trinajstić information content (AvgIpc) is 3.02. The summed E-state index contributed by atoms with van der Waals surface area (Å²) in [6, 6.07) is 0.172. The summed E-state index contributed by atoms with van der Waals surface area (Å²) >= 11 is 0.827. The number of aryl methyl sites for hydroxylation is 1. The smallest absolute Gasteiger partial charge is 0.204 e. The SMILES string of the molecule is CC(C)n1cc(F)c(SN)n1.NC=O.Nc1c2c(nc3c1CCC31CC1)CCC2. The summed E-state index contributed by atoms with van der Waals surface area (Å²) in [4.78, 5) is 13.5. The van der Waals surface area contributed by atoms with Crippen LogP contribution >= 0.6 is 11.9 Å². The van der Waals surface area contributed by atoms with Crippen LogP contribution in [0.15, 0.2) is 11.2 Å². The van der Waals surface area contributed by atoms with Gasteiger partial charge in [0.05, 0.1) is 11.9 Å². The fourth-order valence-corrected chi connectivity index (χ4v) is 4.47. The first-order valence-corrected chi connectivity index (χ1v) is 10.8. The number of halogens is 1. The highest BCUT2D eigenvalue weighted by molar-refractivity contribution is 7.97. The quantitative estimate of drug-likeness (QED) is 0.507. The van der Waals surface area contributed by atoms with Crippen molar-refractivity contribution in [1.82, 2.24) is 14.8 Å². The van der Waals surface area contributed by atoms with E-state index in [0.717, 1.165) is 30.5 Å². The molecule has 7 nitrogen and oxygen atoms in total. The van der Waals surface area contributed by atoms with Crippen LogP contribution in [0.1, 0.15) is 68.1 Å². The summed E-state index contributed by atoms with van der Waals surface area (Å²) in [6.07, 6.45) is 10.4. The molecule has 0 saturated heterocycles. The normalized spacial score (nSPS) is 17.1. The highest BCUT2D eigenvalue weighted by atomic mass is 32.2. The lowest BCUT2D eigenvalue weighted by atomic mass is 10.0. The number of nitrogens with zero attached hydrogens (tertiary/aromatic N) is 3. The molecule has 0 unspecified atom stereocenters. The molecule has 158 valence electrons. The van der Waals surface area contributed by atoms with Gasteiger partial charge in [0.15, 0.2) is 10.8 Å². The molecule has 29 heavy (non-hydrogen) atoms. The largest absolute Gasteiger partial charge is 0.398 e. The minimum atomic E-state index is -0.355. The first-order valence-electron chi connectivity index (χ1n) is 9.94. The zero-order valence-electron chi connectivity index (χ0n) is 16.9. The zero-order valence-corrected chi connectivity index (χ0v) is 17.8. The highest BCUT2D eigenvalue weighted by Gasteiger charge is 2.51. The number of hydrogen-bond donors (Lipinski definition) is 3. The summed E-state index contributed by atoms with van der Waals surface area (Å²) in [7, 11) is 0. The van der Waals surface area contributed by atoms with Crippen molar-refractivity contribution in [2.45, 2.75) is 75.3 Å². The molecule has 2 aromatic heterocycles. The molecule has 1 spiro atoms. The maximum atomic E-state index is 12.8. The van der Waals surface area contributed by atoms with E-state index in [-0.39, 0.29) is 23.3 Å². The minimum absolute atomic E-state index is 0.172. The van der Waals surface area contributed by atoms with Crippen molar-refractivity contribution in [3.63, 3.8) is 0 Å². The van der Waals surface area contributed by atoms with Crippen LogP contribution < -0.4 is 16.6 Å². The molecule has 3 aliphatic carbocycles. The van der Waals surface area contributed by atoms with Gasteiger partial charge < -0.3 is 11.5 Å². The molecule has 1 fully saturated rings. The maximum absolute atomic E-state index is 12.8. The van der Waals surface area contributed by atoms with Gasteiger partial charge >= 0.3 is 0 Å². The number of pyridine rings is 1. The first-order chi connectivity index (χ1) is 13.9. The van der Waals surface area contributed by atoms with E-state index in [1.54, 1.807) is 4.68 Å². The second kappa shape index (κ2) is 8.71. The number of fused-ring (bicyclic) bond motifs is 3. The molecule has 0 aromatic carbocycles. The van der Waals surface area contributed by atoms with E-state index in [4.69, 9.17) is 20.7 Å². The van der Waals surface area contributed by atoms with Crippen molar-refractivity contribution >= 4 is 24.0 Å². The molecule has 1 saturated carbocycles. The lowest BCUT2D eigenvalue weighted by molar-refractivity contribution is -0.106. The Morgan fingerprint density at radius 1 is 1.24 bits per heavy atom. The van der Waals surface area contributed by atoms with Crippen LogP contribution in [0.2, 0.25) is 0 Å². The number of carbonyl (C=O) groups excluding carboxylic acids is 1. The second-order valence-corrected chi connectivity index (χ2v) is 8.64. The van der Waals surface area contributed by atoms with E-state index in [1.165, 1.54) is 60.8 Å². The van der Waals surface area contributed by atoms with Gasteiger partial charge in [-0.3, -0.25) is 19.6 Å². The predicted octanol–water partition coefficient (Wildman–Crippen LogP) is 2.80. The third-order valence-corrected chi connectivity index (χ3v) is 6.38. The average molecular weight is 421 g/mol. The predicted molar refractivity (Wildman–Crippen MR) is 113 cm³/mol. The number of anilines is 1. The molecular weight excluding hydrogens is 391 g/mol. The molecule has 2 aromatic rings. The summed E-state index contributed by atoms with van der Waals surface area (Å²) in [5.41, 5.74) is 17.6. The third-order valence-electron chi connectivity index (χ3n) is 5.88. The molecule has 0 radical (unpaired) electrons. The van der Waals surface area contributed by atoms with E-state index >= 15 is 0 Å². The van der Waals surface area contributed by atoms with Crippen LogP contribution in [0.3, 0.4) is 0 Å². The van der Waals surface area contributed by atoms with Crippen molar-refractivity contribution in [2.24, 2.45) is 10.9 Å². The topological polar surface area (TPSA) is 126 Å². The molecular formula is C20H29FN6OS. The zero-order chi connectivity index (χ0) is 21.2. The molecule has 9 heteroatoms. The molecule has 0 aliphatic heterocycles. The number of primary amides is 1. The van der Waals surface area contributed by atoms with Crippen LogP contribution in [-0.4, -0.2) is 21.2 Å². The van der Waals surface area contributed by atoms with Crippen molar-refractivity contribution in [3.05, 3.63) is 34.5 Å². The van der Waals surface area contributed by atoms with Crippen LogP contribution in [-0.2, 0) is 29.5 Å². The number of rotatable bonds is 2. The number of nitrogens with two attached hydrogens (primary N) is 3. The monoisotopic (exact) mass is 420 g/mol.